The highest BCUT2D eigenvalue weighted by atomic mass is 19.1. The Labute approximate surface area is 77.5 Å². The first-order valence-corrected chi connectivity index (χ1v) is 4.28. The molecular formula is C11H13FO. The van der Waals surface area contributed by atoms with Gasteiger partial charge < -0.3 is 5.11 Å². The fraction of sp³-hybridized carbons (Fsp3) is 0.273. The van der Waals surface area contributed by atoms with E-state index in [0.717, 1.165) is 0 Å². The third kappa shape index (κ3) is 2.67. The van der Waals surface area contributed by atoms with E-state index in [1.54, 1.807) is 31.2 Å². The molecule has 1 nitrogen and oxygen atoms in total. The van der Waals surface area contributed by atoms with Gasteiger partial charge in [-0.15, -0.1) is 0 Å². The summed E-state index contributed by atoms with van der Waals surface area (Å²) in [5, 5.41) is 8.52. The van der Waals surface area contributed by atoms with Crippen molar-refractivity contribution in [3.63, 3.8) is 0 Å². The molecule has 0 saturated carbocycles. The Balaban J connectivity index is 2.83. The summed E-state index contributed by atoms with van der Waals surface area (Å²) >= 11 is 0. The van der Waals surface area contributed by atoms with Crippen LogP contribution in [-0.4, -0.2) is 11.7 Å². The van der Waals surface area contributed by atoms with Crippen molar-refractivity contribution in [3.8, 4) is 0 Å². The van der Waals surface area contributed by atoms with Gasteiger partial charge in [-0.1, -0.05) is 30.4 Å². The summed E-state index contributed by atoms with van der Waals surface area (Å²) in [7, 11) is 0. The number of rotatable bonds is 3. The molecule has 1 rings (SSSR count). The Kier molecular flexibility index (Phi) is 3.65. The van der Waals surface area contributed by atoms with Crippen molar-refractivity contribution in [1.82, 2.24) is 0 Å². The van der Waals surface area contributed by atoms with Crippen LogP contribution in [0.3, 0.4) is 0 Å². The molecule has 0 fully saturated rings. The Bertz CT molecular complexity index is 305. The number of benzene rings is 1. The Morgan fingerprint density at radius 3 is 2.92 bits per heavy atom. The fourth-order valence-electron chi connectivity index (χ4n) is 1.08. The quantitative estimate of drug-likeness (QED) is 0.757. The van der Waals surface area contributed by atoms with Crippen molar-refractivity contribution < 1.29 is 9.50 Å². The summed E-state index contributed by atoms with van der Waals surface area (Å²) in [5.74, 6) is -0.184. The maximum atomic E-state index is 13.3. The van der Waals surface area contributed by atoms with Crippen molar-refractivity contribution in [3.05, 3.63) is 41.2 Å². The highest BCUT2D eigenvalue weighted by molar-refractivity contribution is 5.51. The van der Waals surface area contributed by atoms with Crippen LogP contribution < -0.4 is 0 Å². The van der Waals surface area contributed by atoms with Gasteiger partial charge in [0.05, 0.1) is 0 Å². The normalized spacial score (nSPS) is 11.0. The molecule has 70 valence electrons. The van der Waals surface area contributed by atoms with E-state index in [1.807, 2.05) is 6.07 Å². The molecule has 1 aromatic rings. The van der Waals surface area contributed by atoms with Gasteiger partial charge in [-0.05, 0) is 18.9 Å². The minimum absolute atomic E-state index is 0.101. The molecule has 0 bridgehead atoms. The van der Waals surface area contributed by atoms with Crippen molar-refractivity contribution in [2.75, 3.05) is 6.61 Å². The Morgan fingerprint density at radius 1 is 1.46 bits per heavy atom. The molecule has 0 aliphatic carbocycles. The molecule has 0 radical (unpaired) electrons. The maximum Gasteiger partial charge on any atom is 0.133 e. The SMILES string of the molecule is Cc1cccc(C=CCCO)c1F. The van der Waals surface area contributed by atoms with Gasteiger partial charge in [0.2, 0.25) is 0 Å². The van der Waals surface area contributed by atoms with Gasteiger partial charge in [0.25, 0.3) is 0 Å². The lowest BCUT2D eigenvalue weighted by atomic mass is 10.1. The van der Waals surface area contributed by atoms with Crippen LogP contribution >= 0.6 is 0 Å². The van der Waals surface area contributed by atoms with Gasteiger partial charge in [0.1, 0.15) is 5.82 Å². The number of aliphatic hydroxyl groups is 1. The topological polar surface area (TPSA) is 20.2 Å². The minimum atomic E-state index is -0.184. The van der Waals surface area contributed by atoms with E-state index >= 15 is 0 Å². The zero-order valence-electron chi connectivity index (χ0n) is 7.63. The first kappa shape index (κ1) is 9.93. The summed E-state index contributed by atoms with van der Waals surface area (Å²) in [6, 6.07) is 5.27. The lowest BCUT2D eigenvalue weighted by Gasteiger charge is -1.99. The molecule has 0 atom stereocenters. The number of aliphatic hydroxyl groups excluding tert-OH is 1. The van der Waals surface area contributed by atoms with Gasteiger partial charge in [-0.2, -0.15) is 0 Å². The average molecular weight is 180 g/mol. The number of halogens is 1. The Hall–Kier alpha value is -1.15. The lowest BCUT2D eigenvalue weighted by molar-refractivity contribution is 0.303. The molecule has 0 spiro atoms. The molecule has 0 aliphatic rings. The van der Waals surface area contributed by atoms with Crippen LogP contribution in [0.4, 0.5) is 4.39 Å². The largest absolute Gasteiger partial charge is 0.396 e. The molecule has 0 aliphatic heterocycles. The second-order valence-corrected chi connectivity index (χ2v) is 2.89. The van der Waals surface area contributed by atoms with Crippen LogP contribution in [0.2, 0.25) is 0 Å². The Morgan fingerprint density at radius 2 is 2.23 bits per heavy atom. The molecule has 1 aromatic carbocycles. The van der Waals surface area contributed by atoms with E-state index in [9.17, 15) is 4.39 Å². The van der Waals surface area contributed by atoms with E-state index in [1.165, 1.54) is 0 Å². The number of hydrogen-bond donors (Lipinski definition) is 1. The molecule has 0 amide bonds. The van der Waals surface area contributed by atoms with Gasteiger partial charge in [0.15, 0.2) is 0 Å². The van der Waals surface area contributed by atoms with Crippen molar-refractivity contribution in [2.24, 2.45) is 0 Å². The zero-order chi connectivity index (χ0) is 9.68. The van der Waals surface area contributed by atoms with Crippen molar-refractivity contribution in [1.29, 1.82) is 0 Å². The van der Waals surface area contributed by atoms with Crippen molar-refractivity contribution >= 4 is 6.08 Å². The highest BCUT2D eigenvalue weighted by Gasteiger charge is 1.99. The minimum Gasteiger partial charge on any atom is -0.396 e. The summed E-state index contributed by atoms with van der Waals surface area (Å²) in [6.07, 6.45) is 4.02. The van der Waals surface area contributed by atoms with E-state index in [-0.39, 0.29) is 12.4 Å². The summed E-state index contributed by atoms with van der Waals surface area (Å²) in [6.45, 7) is 1.84. The highest BCUT2D eigenvalue weighted by Crippen LogP contribution is 2.13. The van der Waals surface area contributed by atoms with E-state index in [2.05, 4.69) is 0 Å². The van der Waals surface area contributed by atoms with E-state index < -0.39 is 0 Å². The summed E-state index contributed by atoms with van der Waals surface area (Å²) < 4.78 is 13.3. The molecule has 13 heavy (non-hydrogen) atoms. The molecule has 0 heterocycles. The van der Waals surface area contributed by atoms with Crippen LogP contribution in [0.15, 0.2) is 24.3 Å². The maximum absolute atomic E-state index is 13.3. The second-order valence-electron chi connectivity index (χ2n) is 2.89. The molecule has 0 aromatic heterocycles. The predicted octanol–water partition coefficient (Wildman–Crippen LogP) is 2.53. The third-order valence-corrected chi connectivity index (χ3v) is 1.81. The second kappa shape index (κ2) is 4.77. The van der Waals surface area contributed by atoms with Gasteiger partial charge >= 0.3 is 0 Å². The molecule has 0 saturated heterocycles. The van der Waals surface area contributed by atoms with Gasteiger partial charge in [-0.3, -0.25) is 0 Å². The van der Waals surface area contributed by atoms with Crippen LogP contribution in [-0.2, 0) is 0 Å². The lowest BCUT2D eigenvalue weighted by Crippen LogP contribution is -1.86. The van der Waals surface area contributed by atoms with Crippen molar-refractivity contribution in [2.45, 2.75) is 13.3 Å². The zero-order valence-corrected chi connectivity index (χ0v) is 7.63. The molecule has 1 N–H and O–H groups in total. The molecule has 2 heteroatoms. The average Bonchev–Trinajstić information content (AvgIpc) is 2.13. The number of aryl methyl sites for hydroxylation is 1. The summed E-state index contributed by atoms with van der Waals surface area (Å²) in [5.41, 5.74) is 1.22. The predicted molar refractivity (Wildman–Crippen MR) is 51.9 cm³/mol. The monoisotopic (exact) mass is 180 g/mol. The first-order chi connectivity index (χ1) is 6.25. The van der Waals surface area contributed by atoms with Gasteiger partial charge in [0, 0.05) is 12.2 Å². The van der Waals surface area contributed by atoms with E-state index in [0.29, 0.717) is 17.5 Å². The fourth-order valence-corrected chi connectivity index (χ4v) is 1.08. The van der Waals surface area contributed by atoms with Crippen LogP contribution in [0.25, 0.3) is 6.08 Å². The standard InChI is InChI=1S/C11H13FO/c1-9-5-4-7-10(11(9)12)6-2-3-8-13/h2,4-7,13H,3,8H2,1H3. The third-order valence-electron chi connectivity index (χ3n) is 1.81. The van der Waals surface area contributed by atoms with Crippen LogP contribution in [0, 0.1) is 12.7 Å². The van der Waals surface area contributed by atoms with Crippen LogP contribution in [0.5, 0.6) is 0 Å². The molecule has 0 unspecified atom stereocenters. The molecular weight excluding hydrogens is 167 g/mol. The van der Waals surface area contributed by atoms with Gasteiger partial charge in [-0.25, -0.2) is 4.39 Å². The number of hydrogen-bond acceptors (Lipinski definition) is 1. The van der Waals surface area contributed by atoms with E-state index in [4.69, 9.17) is 5.11 Å². The smallest absolute Gasteiger partial charge is 0.133 e. The summed E-state index contributed by atoms with van der Waals surface area (Å²) in [4.78, 5) is 0. The van der Waals surface area contributed by atoms with Crippen LogP contribution in [0.1, 0.15) is 17.5 Å². The first-order valence-electron chi connectivity index (χ1n) is 4.28.